The van der Waals surface area contributed by atoms with E-state index in [1.807, 2.05) is 18.2 Å². The highest BCUT2D eigenvalue weighted by Crippen LogP contribution is 2.17. The van der Waals surface area contributed by atoms with Gasteiger partial charge in [0, 0.05) is 12.1 Å². The number of nitrogens with zero attached hydrogens (tertiary/aromatic N) is 2. The van der Waals surface area contributed by atoms with Gasteiger partial charge in [-0.3, -0.25) is 19.1 Å². The third kappa shape index (κ3) is 4.72. The zero-order valence-electron chi connectivity index (χ0n) is 18.4. The lowest BCUT2D eigenvalue weighted by molar-refractivity contribution is -0.113. The zero-order valence-corrected chi connectivity index (χ0v) is 19.2. The Morgan fingerprint density at radius 2 is 1.71 bits per heavy atom. The molecule has 2 N–H and O–H groups in total. The number of carbonyl (C=O) groups is 2. The van der Waals surface area contributed by atoms with Gasteiger partial charge in [0.25, 0.3) is 17.4 Å². The largest absolute Gasteiger partial charge is 0.459 e. The van der Waals surface area contributed by atoms with Crippen LogP contribution in [0.2, 0.25) is 5.02 Å². The summed E-state index contributed by atoms with van der Waals surface area (Å²) in [4.78, 5) is 39.0. The maximum absolute atomic E-state index is 13.2. The number of nitrogens with one attached hydrogen (secondary N) is 2. The van der Waals surface area contributed by atoms with Crippen LogP contribution < -0.4 is 16.2 Å². The van der Waals surface area contributed by atoms with Crippen molar-refractivity contribution in [2.45, 2.75) is 6.92 Å². The van der Waals surface area contributed by atoms with Crippen molar-refractivity contribution < 1.29 is 14.0 Å². The SMILES string of the molecule is Cc1c(NC(=O)/C(=C/c2ccc(Cl)cc2)NC(=O)c2ccco2)c(=O)n(-c2ccccc2)n1C. The lowest BCUT2D eigenvalue weighted by Gasteiger charge is -2.10. The number of furan rings is 1. The minimum Gasteiger partial charge on any atom is -0.459 e. The normalized spacial score (nSPS) is 11.3. The first-order valence-corrected chi connectivity index (χ1v) is 10.7. The molecule has 2 heterocycles. The molecule has 4 aromatic rings. The van der Waals surface area contributed by atoms with Crippen LogP contribution >= 0.6 is 11.6 Å². The third-order valence-electron chi connectivity index (χ3n) is 5.21. The molecule has 2 aromatic heterocycles. The molecule has 34 heavy (non-hydrogen) atoms. The van der Waals surface area contributed by atoms with Gasteiger partial charge in [-0.1, -0.05) is 41.9 Å². The van der Waals surface area contributed by atoms with Crippen LogP contribution in [-0.4, -0.2) is 21.2 Å². The molecular formula is C25H21ClN4O4. The van der Waals surface area contributed by atoms with Crippen LogP contribution in [0, 0.1) is 6.92 Å². The van der Waals surface area contributed by atoms with E-state index in [0.717, 1.165) is 0 Å². The van der Waals surface area contributed by atoms with Crippen molar-refractivity contribution in [3.63, 3.8) is 0 Å². The molecule has 0 saturated heterocycles. The first-order chi connectivity index (χ1) is 16.3. The first kappa shape index (κ1) is 22.9. The number of benzene rings is 2. The summed E-state index contributed by atoms with van der Waals surface area (Å²) in [5, 5.41) is 5.75. The van der Waals surface area contributed by atoms with Gasteiger partial charge in [-0.05, 0) is 55.0 Å². The van der Waals surface area contributed by atoms with E-state index in [4.69, 9.17) is 16.0 Å². The molecule has 0 saturated carbocycles. The number of aromatic nitrogens is 2. The molecule has 0 radical (unpaired) electrons. The van der Waals surface area contributed by atoms with Crippen LogP contribution in [-0.2, 0) is 11.8 Å². The second-order valence-corrected chi connectivity index (χ2v) is 7.87. The van der Waals surface area contributed by atoms with Gasteiger partial charge in [0.2, 0.25) is 0 Å². The molecule has 0 unspecified atom stereocenters. The Kier molecular flexibility index (Phi) is 6.51. The summed E-state index contributed by atoms with van der Waals surface area (Å²) in [6.07, 6.45) is 2.84. The summed E-state index contributed by atoms with van der Waals surface area (Å²) in [6, 6.07) is 18.8. The first-order valence-electron chi connectivity index (χ1n) is 10.3. The van der Waals surface area contributed by atoms with Crippen molar-refractivity contribution in [3.05, 3.63) is 111 Å². The van der Waals surface area contributed by atoms with Crippen LogP contribution in [0.5, 0.6) is 0 Å². The molecule has 9 heteroatoms. The van der Waals surface area contributed by atoms with Crippen molar-refractivity contribution in [1.82, 2.24) is 14.7 Å². The van der Waals surface area contributed by atoms with Gasteiger partial charge >= 0.3 is 0 Å². The van der Waals surface area contributed by atoms with Gasteiger partial charge in [-0.25, -0.2) is 4.68 Å². The number of carbonyl (C=O) groups excluding carboxylic acids is 2. The molecular weight excluding hydrogens is 456 g/mol. The van der Waals surface area contributed by atoms with Crippen molar-refractivity contribution in [2.75, 3.05) is 5.32 Å². The Hall–Kier alpha value is -4.30. The van der Waals surface area contributed by atoms with Crippen molar-refractivity contribution in [2.24, 2.45) is 7.05 Å². The standard InChI is InChI=1S/C25H21ClN4O4/c1-16-22(25(33)30(29(16)2)19-7-4-3-5-8-19)28-23(31)20(15-17-10-12-18(26)13-11-17)27-24(32)21-9-6-14-34-21/h3-15H,1-2H3,(H,27,32)(H,28,31)/b20-15-. The number of anilines is 1. The summed E-state index contributed by atoms with van der Waals surface area (Å²) in [7, 11) is 1.72. The molecule has 0 aliphatic heterocycles. The number of rotatable bonds is 6. The smallest absolute Gasteiger partial charge is 0.295 e. The molecule has 0 spiro atoms. The summed E-state index contributed by atoms with van der Waals surface area (Å²) >= 11 is 5.95. The lowest BCUT2D eigenvalue weighted by atomic mass is 10.2. The minimum absolute atomic E-state index is 0.0390. The molecule has 4 rings (SSSR count). The van der Waals surface area contributed by atoms with E-state index in [1.54, 1.807) is 61.1 Å². The Labute approximate surface area is 200 Å². The van der Waals surface area contributed by atoms with E-state index in [1.165, 1.54) is 23.1 Å². The zero-order chi connectivity index (χ0) is 24.2. The van der Waals surface area contributed by atoms with Crippen LogP contribution in [0.3, 0.4) is 0 Å². The summed E-state index contributed by atoms with van der Waals surface area (Å²) in [5.41, 5.74) is 1.46. The van der Waals surface area contributed by atoms with Gasteiger partial charge in [-0.2, -0.15) is 0 Å². The monoisotopic (exact) mass is 476 g/mol. The highest BCUT2D eigenvalue weighted by atomic mass is 35.5. The second kappa shape index (κ2) is 9.68. The summed E-state index contributed by atoms with van der Waals surface area (Å²) in [5.74, 6) is -1.23. The Morgan fingerprint density at radius 1 is 1.00 bits per heavy atom. The molecule has 0 atom stereocenters. The van der Waals surface area contributed by atoms with Crippen molar-refractivity contribution in [3.8, 4) is 5.69 Å². The van der Waals surface area contributed by atoms with E-state index in [9.17, 15) is 14.4 Å². The van der Waals surface area contributed by atoms with Gasteiger partial charge in [-0.15, -0.1) is 0 Å². The fraction of sp³-hybridized carbons (Fsp3) is 0.0800. The third-order valence-corrected chi connectivity index (χ3v) is 5.46. The second-order valence-electron chi connectivity index (χ2n) is 7.43. The highest BCUT2D eigenvalue weighted by Gasteiger charge is 2.22. The maximum atomic E-state index is 13.2. The van der Waals surface area contributed by atoms with Gasteiger partial charge < -0.3 is 15.1 Å². The van der Waals surface area contributed by atoms with Gasteiger partial charge in [0.05, 0.1) is 17.6 Å². The predicted molar refractivity (Wildman–Crippen MR) is 130 cm³/mol. The lowest BCUT2D eigenvalue weighted by Crippen LogP contribution is -2.32. The molecule has 0 fully saturated rings. The van der Waals surface area contributed by atoms with E-state index in [-0.39, 0.29) is 17.1 Å². The Morgan fingerprint density at radius 3 is 2.35 bits per heavy atom. The predicted octanol–water partition coefficient (Wildman–Crippen LogP) is 4.14. The Balaban J connectivity index is 1.69. The summed E-state index contributed by atoms with van der Waals surface area (Å²) < 4.78 is 8.22. The van der Waals surface area contributed by atoms with Crippen molar-refractivity contribution in [1.29, 1.82) is 0 Å². The van der Waals surface area contributed by atoms with E-state index in [2.05, 4.69) is 10.6 Å². The Bertz CT molecular complexity index is 1420. The van der Waals surface area contributed by atoms with E-state index < -0.39 is 17.4 Å². The number of para-hydroxylation sites is 1. The maximum Gasteiger partial charge on any atom is 0.295 e. The average molecular weight is 477 g/mol. The van der Waals surface area contributed by atoms with Crippen molar-refractivity contribution >= 4 is 35.2 Å². The molecule has 2 amide bonds. The van der Waals surface area contributed by atoms with E-state index >= 15 is 0 Å². The molecule has 2 aromatic carbocycles. The number of hydrogen-bond acceptors (Lipinski definition) is 4. The minimum atomic E-state index is -0.666. The fourth-order valence-corrected chi connectivity index (χ4v) is 3.49. The number of hydrogen-bond donors (Lipinski definition) is 2. The van der Waals surface area contributed by atoms with Crippen LogP contribution in [0.1, 0.15) is 21.8 Å². The average Bonchev–Trinajstić information content (AvgIpc) is 3.44. The fourth-order valence-electron chi connectivity index (χ4n) is 3.37. The van der Waals surface area contributed by atoms with Crippen LogP contribution in [0.15, 0.2) is 87.9 Å². The van der Waals surface area contributed by atoms with Crippen LogP contribution in [0.25, 0.3) is 11.8 Å². The van der Waals surface area contributed by atoms with Gasteiger partial charge in [0.15, 0.2) is 5.76 Å². The molecule has 172 valence electrons. The number of amides is 2. The van der Waals surface area contributed by atoms with Gasteiger partial charge in [0.1, 0.15) is 11.4 Å². The molecule has 8 nitrogen and oxygen atoms in total. The van der Waals surface area contributed by atoms with Crippen LogP contribution in [0.4, 0.5) is 5.69 Å². The molecule has 0 aliphatic carbocycles. The quantitative estimate of drug-likeness (QED) is 0.408. The molecule has 0 aliphatic rings. The number of halogens is 1. The summed E-state index contributed by atoms with van der Waals surface area (Å²) in [6.45, 7) is 1.72. The topological polar surface area (TPSA) is 98.3 Å². The highest BCUT2D eigenvalue weighted by molar-refractivity contribution is 6.30. The molecule has 0 bridgehead atoms. The van der Waals surface area contributed by atoms with E-state index in [0.29, 0.717) is 22.0 Å².